The van der Waals surface area contributed by atoms with Gasteiger partial charge in [0.2, 0.25) is 0 Å². The summed E-state index contributed by atoms with van der Waals surface area (Å²) in [4.78, 5) is 0. The van der Waals surface area contributed by atoms with E-state index in [1.807, 2.05) is 0 Å². The molecule has 0 bridgehead atoms. The van der Waals surface area contributed by atoms with Crippen LogP contribution in [-0.4, -0.2) is 19.8 Å². The molecular formula is C8H13NO. The average molecular weight is 139 g/mol. The molecule has 1 saturated heterocycles. The molecule has 0 saturated carbocycles. The second-order valence-electron chi connectivity index (χ2n) is 2.49. The van der Waals surface area contributed by atoms with Gasteiger partial charge in [-0.05, 0) is 12.3 Å². The Morgan fingerprint density at radius 3 is 3.00 bits per heavy atom. The van der Waals surface area contributed by atoms with Crippen molar-refractivity contribution in [3.8, 4) is 11.8 Å². The van der Waals surface area contributed by atoms with E-state index in [9.17, 15) is 0 Å². The van der Waals surface area contributed by atoms with Crippen molar-refractivity contribution in [3.05, 3.63) is 0 Å². The monoisotopic (exact) mass is 139 g/mol. The minimum absolute atomic E-state index is 0.480. The molecule has 1 aliphatic rings. The van der Waals surface area contributed by atoms with Crippen LogP contribution in [0, 0.1) is 17.8 Å². The number of hydrogen-bond acceptors (Lipinski definition) is 2. The summed E-state index contributed by atoms with van der Waals surface area (Å²) in [6, 6.07) is 0. The Morgan fingerprint density at radius 1 is 1.50 bits per heavy atom. The van der Waals surface area contributed by atoms with Crippen LogP contribution in [0.2, 0.25) is 0 Å². The summed E-state index contributed by atoms with van der Waals surface area (Å²) in [5.74, 6) is 6.54. The fraction of sp³-hybridized carbons (Fsp3) is 0.750. The lowest BCUT2D eigenvalue weighted by Crippen LogP contribution is -1.98. The van der Waals surface area contributed by atoms with Gasteiger partial charge in [0.15, 0.2) is 0 Å². The number of nitrogens with two attached hydrogens (primary N) is 1. The molecule has 0 amide bonds. The molecule has 2 nitrogen and oxygen atoms in total. The van der Waals surface area contributed by atoms with Gasteiger partial charge in [0, 0.05) is 13.0 Å². The third kappa shape index (κ3) is 2.38. The summed E-state index contributed by atoms with van der Waals surface area (Å²) in [5, 5.41) is 0. The molecule has 1 aliphatic heterocycles. The van der Waals surface area contributed by atoms with Crippen molar-refractivity contribution in [2.75, 3.05) is 19.8 Å². The highest BCUT2D eigenvalue weighted by Crippen LogP contribution is 2.14. The van der Waals surface area contributed by atoms with E-state index < -0.39 is 0 Å². The maximum Gasteiger partial charge on any atom is 0.0551 e. The summed E-state index contributed by atoms with van der Waals surface area (Å²) in [6.07, 6.45) is 2.12. The van der Waals surface area contributed by atoms with Gasteiger partial charge in [-0.1, -0.05) is 5.92 Å². The lowest BCUT2D eigenvalue weighted by atomic mass is 10.1. The summed E-state index contributed by atoms with van der Waals surface area (Å²) in [5.41, 5.74) is 5.21. The molecular weight excluding hydrogens is 126 g/mol. The summed E-state index contributed by atoms with van der Waals surface area (Å²) in [6.45, 7) is 2.28. The highest BCUT2D eigenvalue weighted by molar-refractivity contribution is 5.01. The van der Waals surface area contributed by atoms with Crippen molar-refractivity contribution in [2.45, 2.75) is 12.8 Å². The standard InChI is InChI=1S/C8H13NO/c9-5-2-1-3-8-4-6-10-7-8/h8H,3-7,9H2. The summed E-state index contributed by atoms with van der Waals surface area (Å²) >= 11 is 0. The molecule has 0 aliphatic carbocycles. The van der Waals surface area contributed by atoms with E-state index in [1.165, 1.54) is 6.42 Å². The van der Waals surface area contributed by atoms with E-state index in [-0.39, 0.29) is 0 Å². The maximum atomic E-state index is 5.21. The Morgan fingerprint density at radius 2 is 2.40 bits per heavy atom. The van der Waals surface area contributed by atoms with Gasteiger partial charge in [-0.3, -0.25) is 0 Å². The van der Waals surface area contributed by atoms with Crippen molar-refractivity contribution in [2.24, 2.45) is 11.7 Å². The van der Waals surface area contributed by atoms with Crippen molar-refractivity contribution in [1.82, 2.24) is 0 Å². The van der Waals surface area contributed by atoms with Crippen LogP contribution in [-0.2, 0) is 4.74 Å². The first-order chi connectivity index (χ1) is 4.93. The van der Waals surface area contributed by atoms with Crippen molar-refractivity contribution < 1.29 is 4.74 Å². The zero-order valence-electron chi connectivity index (χ0n) is 6.10. The topological polar surface area (TPSA) is 35.2 Å². The normalized spacial score (nSPS) is 23.9. The minimum Gasteiger partial charge on any atom is -0.381 e. The second-order valence-corrected chi connectivity index (χ2v) is 2.49. The van der Waals surface area contributed by atoms with Gasteiger partial charge in [-0.15, -0.1) is 5.92 Å². The molecule has 56 valence electrons. The van der Waals surface area contributed by atoms with E-state index in [4.69, 9.17) is 10.5 Å². The zero-order chi connectivity index (χ0) is 7.23. The van der Waals surface area contributed by atoms with Gasteiger partial charge in [-0.25, -0.2) is 0 Å². The number of rotatable bonds is 1. The first-order valence-electron chi connectivity index (χ1n) is 3.67. The Bertz CT molecular complexity index is 139. The molecule has 1 heterocycles. The first kappa shape index (κ1) is 7.59. The Hall–Kier alpha value is -0.520. The van der Waals surface area contributed by atoms with Crippen molar-refractivity contribution >= 4 is 0 Å². The van der Waals surface area contributed by atoms with Crippen LogP contribution in [0.3, 0.4) is 0 Å². The highest BCUT2D eigenvalue weighted by atomic mass is 16.5. The van der Waals surface area contributed by atoms with Gasteiger partial charge < -0.3 is 10.5 Å². The smallest absolute Gasteiger partial charge is 0.0551 e. The Balaban J connectivity index is 2.12. The van der Waals surface area contributed by atoms with Crippen LogP contribution in [0.15, 0.2) is 0 Å². The van der Waals surface area contributed by atoms with Crippen molar-refractivity contribution in [1.29, 1.82) is 0 Å². The minimum atomic E-state index is 0.480. The fourth-order valence-corrected chi connectivity index (χ4v) is 1.03. The van der Waals surface area contributed by atoms with Gasteiger partial charge in [0.25, 0.3) is 0 Å². The SMILES string of the molecule is NCC#CCC1CCOC1. The zero-order valence-corrected chi connectivity index (χ0v) is 6.10. The molecule has 1 fully saturated rings. The van der Waals surface area contributed by atoms with Crippen LogP contribution in [0.25, 0.3) is 0 Å². The Kier molecular flexibility index (Phi) is 3.28. The molecule has 1 atom stereocenters. The third-order valence-electron chi connectivity index (χ3n) is 1.64. The van der Waals surface area contributed by atoms with E-state index >= 15 is 0 Å². The molecule has 2 N–H and O–H groups in total. The lowest BCUT2D eigenvalue weighted by molar-refractivity contribution is 0.186. The second kappa shape index (κ2) is 4.32. The van der Waals surface area contributed by atoms with Gasteiger partial charge in [0.1, 0.15) is 0 Å². The van der Waals surface area contributed by atoms with Crippen molar-refractivity contribution in [3.63, 3.8) is 0 Å². The summed E-state index contributed by atoms with van der Waals surface area (Å²) < 4.78 is 5.19. The van der Waals surface area contributed by atoms with E-state index in [0.29, 0.717) is 12.5 Å². The molecule has 2 heteroatoms. The van der Waals surface area contributed by atoms with E-state index in [2.05, 4.69) is 11.8 Å². The van der Waals surface area contributed by atoms with Crippen LogP contribution < -0.4 is 5.73 Å². The number of hydrogen-bond donors (Lipinski definition) is 1. The predicted molar refractivity (Wildman–Crippen MR) is 40.4 cm³/mol. The molecule has 0 aromatic carbocycles. The molecule has 0 aromatic heterocycles. The van der Waals surface area contributed by atoms with Gasteiger partial charge in [-0.2, -0.15) is 0 Å². The Labute approximate surface area is 61.7 Å². The molecule has 0 spiro atoms. The maximum absolute atomic E-state index is 5.21. The molecule has 1 rings (SSSR count). The molecule has 0 radical (unpaired) electrons. The largest absolute Gasteiger partial charge is 0.381 e. The van der Waals surface area contributed by atoms with Crippen LogP contribution in [0.4, 0.5) is 0 Å². The van der Waals surface area contributed by atoms with Crippen LogP contribution in [0.5, 0.6) is 0 Å². The van der Waals surface area contributed by atoms with Gasteiger partial charge >= 0.3 is 0 Å². The quantitative estimate of drug-likeness (QED) is 0.533. The van der Waals surface area contributed by atoms with Gasteiger partial charge in [0.05, 0.1) is 13.2 Å². The molecule has 10 heavy (non-hydrogen) atoms. The van der Waals surface area contributed by atoms with E-state index in [1.54, 1.807) is 0 Å². The highest BCUT2D eigenvalue weighted by Gasteiger charge is 2.13. The molecule has 0 aromatic rings. The average Bonchev–Trinajstić information content (AvgIpc) is 2.41. The predicted octanol–water partition coefficient (Wildman–Crippen LogP) is 0.375. The lowest BCUT2D eigenvalue weighted by Gasteiger charge is -1.97. The summed E-state index contributed by atoms with van der Waals surface area (Å²) in [7, 11) is 0. The molecule has 1 unspecified atom stereocenters. The number of ether oxygens (including phenoxy) is 1. The van der Waals surface area contributed by atoms with E-state index in [0.717, 1.165) is 19.6 Å². The fourth-order valence-electron chi connectivity index (χ4n) is 1.03. The van der Waals surface area contributed by atoms with Crippen LogP contribution in [0.1, 0.15) is 12.8 Å². The third-order valence-corrected chi connectivity index (χ3v) is 1.64. The first-order valence-corrected chi connectivity index (χ1v) is 3.67. The van der Waals surface area contributed by atoms with Crippen LogP contribution >= 0.6 is 0 Å².